The molecule has 160 valence electrons. The molecule has 0 bridgehead atoms. The summed E-state index contributed by atoms with van der Waals surface area (Å²) in [6.07, 6.45) is 0.275. The van der Waals surface area contributed by atoms with Gasteiger partial charge in [0.05, 0.1) is 27.3 Å². The van der Waals surface area contributed by atoms with E-state index in [1.165, 1.54) is 12.0 Å². The van der Waals surface area contributed by atoms with Gasteiger partial charge < -0.3 is 30.3 Å². The number of carbonyl (C=O) groups is 3. The summed E-state index contributed by atoms with van der Waals surface area (Å²) in [5.41, 5.74) is 0.853. The average Bonchev–Trinajstić information content (AvgIpc) is 2.72. The fourth-order valence-corrected chi connectivity index (χ4v) is 3.21. The number of quaternary nitrogens is 1. The van der Waals surface area contributed by atoms with E-state index in [4.69, 9.17) is 9.47 Å². The molecular weight excluding hydrogens is 376 g/mol. The molecule has 0 aliphatic carbocycles. The minimum atomic E-state index is -0.849. The van der Waals surface area contributed by atoms with Crippen LogP contribution in [0, 0.1) is 0 Å². The number of carbonyl (C=O) groups excluding carboxylic acids is 3. The van der Waals surface area contributed by atoms with Gasteiger partial charge in [-0.1, -0.05) is 12.1 Å². The van der Waals surface area contributed by atoms with E-state index in [2.05, 4.69) is 10.6 Å². The number of hydrogen-bond acceptors (Lipinski definition) is 5. The van der Waals surface area contributed by atoms with Crippen LogP contribution in [0.3, 0.4) is 0 Å². The molecular formula is C20H31N4O5+. The van der Waals surface area contributed by atoms with Crippen molar-refractivity contribution in [3.05, 3.63) is 29.8 Å². The number of hydrogen-bond donors (Lipinski definition) is 3. The summed E-state index contributed by atoms with van der Waals surface area (Å²) in [6.45, 7) is 5.35. The summed E-state index contributed by atoms with van der Waals surface area (Å²) < 4.78 is 10.0. The molecule has 1 aromatic rings. The molecule has 0 saturated carbocycles. The van der Waals surface area contributed by atoms with Crippen molar-refractivity contribution in [2.45, 2.75) is 38.4 Å². The number of urea groups is 1. The van der Waals surface area contributed by atoms with Gasteiger partial charge in [0.25, 0.3) is 0 Å². The third-order valence-corrected chi connectivity index (χ3v) is 4.72. The Morgan fingerprint density at radius 2 is 1.86 bits per heavy atom. The van der Waals surface area contributed by atoms with E-state index in [9.17, 15) is 14.4 Å². The van der Waals surface area contributed by atoms with Crippen LogP contribution in [-0.2, 0) is 20.7 Å². The zero-order valence-electron chi connectivity index (χ0n) is 17.4. The highest BCUT2D eigenvalue weighted by Gasteiger charge is 2.36. The first-order valence-electron chi connectivity index (χ1n) is 9.75. The van der Waals surface area contributed by atoms with Crippen molar-refractivity contribution in [3.63, 3.8) is 0 Å². The standard InChI is InChI=1S/C20H30N4O5/c1-13(2)22-20(27)24-10-9-21-12-17(24)18(25)23-16(19(26)29-4)11-14-5-7-15(28-3)8-6-14/h5-8,13,16-17,21H,9-12H2,1-4H3,(H,22,27)(H,23,25)/p+1/t16-,17-/m0/s1. The van der Waals surface area contributed by atoms with Crippen molar-refractivity contribution in [1.29, 1.82) is 0 Å². The maximum atomic E-state index is 12.9. The largest absolute Gasteiger partial charge is 0.497 e. The lowest BCUT2D eigenvalue weighted by Gasteiger charge is -2.34. The van der Waals surface area contributed by atoms with E-state index in [0.29, 0.717) is 18.8 Å². The molecule has 2 rings (SSSR count). The lowest BCUT2D eigenvalue weighted by molar-refractivity contribution is -0.665. The number of nitrogens with two attached hydrogens (primary N) is 1. The molecule has 0 spiro atoms. The lowest BCUT2D eigenvalue weighted by atomic mass is 10.0. The number of amides is 3. The molecule has 29 heavy (non-hydrogen) atoms. The maximum Gasteiger partial charge on any atom is 0.328 e. The van der Waals surface area contributed by atoms with Gasteiger partial charge in [-0.15, -0.1) is 0 Å². The molecule has 1 aliphatic heterocycles. The number of ether oxygens (including phenoxy) is 2. The summed E-state index contributed by atoms with van der Waals surface area (Å²) >= 11 is 0. The second-order valence-electron chi connectivity index (χ2n) is 7.26. The highest BCUT2D eigenvalue weighted by atomic mass is 16.5. The van der Waals surface area contributed by atoms with Crippen LogP contribution in [0.15, 0.2) is 24.3 Å². The average molecular weight is 407 g/mol. The first-order chi connectivity index (χ1) is 13.8. The van der Waals surface area contributed by atoms with Gasteiger partial charge in [0.1, 0.15) is 18.3 Å². The minimum absolute atomic E-state index is 0.0324. The fourth-order valence-electron chi connectivity index (χ4n) is 3.21. The molecule has 9 nitrogen and oxygen atoms in total. The number of piperazine rings is 1. The van der Waals surface area contributed by atoms with Crippen LogP contribution in [0.25, 0.3) is 0 Å². The zero-order valence-corrected chi connectivity index (χ0v) is 17.4. The molecule has 1 fully saturated rings. The highest BCUT2D eigenvalue weighted by Crippen LogP contribution is 2.13. The van der Waals surface area contributed by atoms with Crippen LogP contribution < -0.4 is 20.7 Å². The quantitative estimate of drug-likeness (QED) is 0.516. The van der Waals surface area contributed by atoms with Crippen molar-refractivity contribution < 1.29 is 29.2 Å². The Kier molecular flexibility index (Phi) is 8.26. The van der Waals surface area contributed by atoms with Crippen molar-refractivity contribution in [3.8, 4) is 5.75 Å². The number of nitrogens with zero attached hydrogens (tertiary/aromatic N) is 1. The Balaban J connectivity index is 2.10. The Bertz CT molecular complexity index is 707. The number of esters is 1. The molecule has 1 aromatic carbocycles. The molecule has 4 N–H and O–H groups in total. The predicted molar refractivity (Wildman–Crippen MR) is 106 cm³/mol. The molecule has 9 heteroatoms. The molecule has 3 amide bonds. The van der Waals surface area contributed by atoms with Crippen molar-refractivity contribution >= 4 is 17.9 Å². The number of rotatable bonds is 7. The van der Waals surface area contributed by atoms with Crippen LogP contribution in [-0.4, -0.2) is 74.8 Å². The number of benzene rings is 1. The predicted octanol–water partition coefficient (Wildman–Crippen LogP) is -0.739. The Hall–Kier alpha value is -2.81. The number of methoxy groups -OCH3 is 2. The summed E-state index contributed by atoms with van der Waals surface area (Å²) in [5, 5.41) is 7.58. The molecule has 0 unspecified atom stereocenters. The normalized spacial score (nSPS) is 17.4. The zero-order chi connectivity index (χ0) is 21.4. The Labute approximate surface area is 171 Å². The van der Waals surface area contributed by atoms with Crippen molar-refractivity contribution in [1.82, 2.24) is 15.5 Å². The summed E-state index contributed by atoms with van der Waals surface area (Å²) in [7, 11) is 2.86. The van der Waals surface area contributed by atoms with Gasteiger partial charge in [0.15, 0.2) is 6.04 Å². The van der Waals surface area contributed by atoms with Gasteiger partial charge in [0, 0.05) is 12.5 Å². The molecule has 1 aliphatic rings. The van der Waals surface area contributed by atoms with Crippen molar-refractivity contribution in [2.24, 2.45) is 0 Å². The maximum absolute atomic E-state index is 12.9. The minimum Gasteiger partial charge on any atom is -0.497 e. The summed E-state index contributed by atoms with van der Waals surface area (Å²) in [5.74, 6) is -0.201. The molecule has 1 saturated heterocycles. The van der Waals surface area contributed by atoms with E-state index >= 15 is 0 Å². The third-order valence-electron chi connectivity index (χ3n) is 4.72. The second-order valence-corrected chi connectivity index (χ2v) is 7.26. The van der Waals surface area contributed by atoms with E-state index in [0.717, 1.165) is 12.1 Å². The van der Waals surface area contributed by atoms with Gasteiger partial charge >= 0.3 is 12.0 Å². The smallest absolute Gasteiger partial charge is 0.328 e. The Morgan fingerprint density at radius 3 is 2.45 bits per heavy atom. The topological polar surface area (TPSA) is 114 Å². The molecule has 1 heterocycles. The van der Waals surface area contributed by atoms with Crippen LogP contribution >= 0.6 is 0 Å². The number of nitrogens with one attached hydrogen (secondary N) is 2. The van der Waals surface area contributed by atoms with Crippen LogP contribution in [0.2, 0.25) is 0 Å². The second kappa shape index (κ2) is 10.7. The summed E-state index contributed by atoms with van der Waals surface area (Å²) in [4.78, 5) is 39.2. The monoisotopic (exact) mass is 407 g/mol. The van der Waals surface area contributed by atoms with Gasteiger partial charge in [-0.2, -0.15) is 0 Å². The van der Waals surface area contributed by atoms with Gasteiger partial charge in [0.2, 0.25) is 5.91 Å². The van der Waals surface area contributed by atoms with Crippen LogP contribution in [0.4, 0.5) is 4.79 Å². The fraction of sp³-hybridized carbons (Fsp3) is 0.550. The van der Waals surface area contributed by atoms with Crippen LogP contribution in [0.5, 0.6) is 5.75 Å². The van der Waals surface area contributed by atoms with E-state index in [1.807, 2.05) is 31.3 Å². The van der Waals surface area contributed by atoms with E-state index in [1.54, 1.807) is 19.2 Å². The van der Waals surface area contributed by atoms with Gasteiger partial charge in [-0.3, -0.25) is 4.79 Å². The van der Waals surface area contributed by atoms with E-state index < -0.39 is 18.1 Å². The van der Waals surface area contributed by atoms with Gasteiger partial charge in [-0.25, -0.2) is 9.59 Å². The first kappa shape index (κ1) is 22.5. The molecule has 0 radical (unpaired) electrons. The lowest BCUT2D eigenvalue weighted by Crippen LogP contribution is -2.93. The SMILES string of the molecule is COC(=O)[C@H](Cc1ccc(OC)cc1)NC(=O)[C@@H]1C[NH2+]CCN1C(=O)NC(C)C. The first-order valence-corrected chi connectivity index (χ1v) is 9.75. The highest BCUT2D eigenvalue weighted by molar-refractivity contribution is 5.90. The van der Waals surface area contributed by atoms with E-state index in [-0.39, 0.29) is 24.4 Å². The Morgan fingerprint density at radius 1 is 1.17 bits per heavy atom. The van der Waals surface area contributed by atoms with Crippen LogP contribution in [0.1, 0.15) is 19.4 Å². The third kappa shape index (κ3) is 6.35. The summed E-state index contributed by atoms with van der Waals surface area (Å²) in [6, 6.07) is 5.42. The van der Waals surface area contributed by atoms with Gasteiger partial charge in [-0.05, 0) is 31.5 Å². The van der Waals surface area contributed by atoms with Crippen molar-refractivity contribution in [2.75, 3.05) is 33.9 Å². The molecule has 2 atom stereocenters. The molecule has 0 aromatic heterocycles.